The third-order valence-corrected chi connectivity index (χ3v) is 3.42. The van der Waals surface area contributed by atoms with Crippen LogP contribution in [0.1, 0.15) is 18.5 Å². The van der Waals surface area contributed by atoms with Crippen LogP contribution in [0.15, 0.2) is 24.4 Å². The highest BCUT2D eigenvalue weighted by Gasteiger charge is 2.16. The normalized spacial score (nSPS) is 12.7. The van der Waals surface area contributed by atoms with Gasteiger partial charge < -0.3 is 5.73 Å². The highest BCUT2D eigenvalue weighted by molar-refractivity contribution is 6.35. The summed E-state index contributed by atoms with van der Waals surface area (Å²) in [4.78, 5) is 0. The molecule has 0 aliphatic carbocycles. The van der Waals surface area contributed by atoms with Gasteiger partial charge in [-0.25, -0.2) is 4.68 Å². The topological polar surface area (TPSA) is 43.8 Å². The molecule has 2 N–H and O–H groups in total. The lowest BCUT2D eigenvalue weighted by Crippen LogP contribution is -2.11. The molecular weight excluding hydrogens is 281 g/mol. The van der Waals surface area contributed by atoms with Crippen molar-refractivity contribution in [3.63, 3.8) is 0 Å². The van der Waals surface area contributed by atoms with E-state index in [1.54, 1.807) is 16.8 Å². The van der Waals surface area contributed by atoms with Crippen molar-refractivity contribution in [2.75, 3.05) is 5.73 Å². The number of nitrogen functional groups attached to an aromatic ring is 1. The van der Waals surface area contributed by atoms with Gasteiger partial charge in [0.2, 0.25) is 0 Å². The zero-order chi connectivity index (χ0) is 12.6. The van der Waals surface area contributed by atoms with Gasteiger partial charge in [0.1, 0.15) is 10.8 Å². The van der Waals surface area contributed by atoms with Crippen LogP contribution in [-0.4, -0.2) is 9.78 Å². The van der Waals surface area contributed by atoms with Crippen molar-refractivity contribution in [1.82, 2.24) is 9.78 Å². The summed E-state index contributed by atoms with van der Waals surface area (Å²) in [6.07, 6.45) is 1.51. The van der Waals surface area contributed by atoms with Crippen LogP contribution in [0.2, 0.25) is 15.1 Å². The Morgan fingerprint density at radius 2 is 1.94 bits per heavy atom. The zero-order valence-corrected chi connectivity index (χ0v) is 11.3. The van der Waals surface area contributed by atoms with Crippen LogP contribution in [0.25, 0.3) is 0 Å². The quantitative estimate of drug-likeness (QED) is 0.907. The van der Waals surface area contributed by atoms with Crippen molar-refractivity contribution >= 4 is 40.6 Å². The fourth-order valence-corrected chi connectivity index (χ4v) is 2.33. The fourth-order valence-electron chi connectivity index (χ4n) is 1.63. The van der Waals surface area contributed by atoms with E-state index in [-0.39, 0.29) is 6.04 Å². The maximum Gasteiger partial charge on any atom is 0.141 e. The zero-order valence-electron chi connectivity index (χ0n) is 8.99. The molecule has 6 heteroatoms. The summed E-state index contributed by atoms with van der Waals surface area (Å²) in [5, 5.41) is 5.73. The van der Waals surface area contributed by atoms with Crippen LogP contribution >= 0.6 is 34.8 Å². The third kappa shape index (κ3) is 2.37. The Kier molecular flexibility index (Phi) is 3.52. The van der Waals surface area contributed by atoms with Gasteiger partial charge in [0.15, 0.2) is 0 Å². The number of rotatable bonds is 2. The smallest absolute Gasteiger partial charge is 0.141 e. The summed E-state index contributed by atoms with van der Waals surface area (Å²) in [5.74, 6) is 0.421. The second-order valence-corrected chi connectivity index (χ2v) is 4.91. The first-order valence-electron chi connectivity index (χ1n) is 4.94. The molecule has 2 rings (SSSR count). The SMILES string of the molecule is CC(c1ccc(Cl)cc1Cl)n1ncc(Cl)c1N. The van der Waals surface area contributed by atoms with Gasteiger partial charge in [-0.3, -0.25) is 0 Å². The molecule has 0 bridgehead atoms. The fraction of sp³-hybridized carbons (Fsp3) is 0.182. The van der Waals surface area contributed by atoms with E-state index in [1.807, 2.05) is 13.0 Å². The molecule has 0 saturated carbocycles. The monoisotopic (exact) mass is 289 g/mol. The van der Waals surface area contributed by atoms with Gasteiger partial charge in [0, 0.05) is 10.0 Å². The number of anilines is 1. The summed E-state index contributed by atoms with van der Waals surface area (Å²) in [5.41, 5.74) is 6.71. The third-order valence-electron chi connectivity index (χ3n) is 2.57. The molecule has 1 aromatic heterocycles. The van der Waals surface area contributed by atoms with E-state index in [2.05, 4.69) is 5.10 Å². The molecule has 17 heavy (non-hydrogen) atoms. The number of nitrogens with two attached hydrogens (primary N) is 1. The van der Waals surface area contributed by atoms with Crippen molar-refractivity contribution in [2.45, 2.75) is 13.0 Å². The van der Waals surface area contributed by atoms with Gasteiger partial charge in [0.25, 0.3) is 0 Å². The summed E-state index contributed by atoms with van der Waals surface area (Å²) in [7, 11) is 0. The average molecular weight is 291 g/mol. The molecule has 1 atom stereocenters. The maximum absolute atomic E-state index is 6.13. The van der Waals surface area contributed by atoms with E-state index in [0.717, 1.165) is 5.56 Å². The Balaban J connectivity index is 2.43. The number of nitrogens with zero attached hydrogens (tertiary/aromatic N) is 2. The minimum Gasteiger partial charge on any atom is -0.383 e. The maximum atomic E-state index is 6.13. The largest absolute Gasteiger partial charge is 0.383 e. The van der Waals surface area contributed by atoms with E-state index in [4.69, 9.17) is 40.5 Å². The molecule has 1 heterocycles. The van der Waals surface area contributed by atoms with Crippen molar-refractivity contribution in [3.8, 4) is 0 Å². The average Bonchev–Trinajstić information content (AvgIpc) is 2.59. The predicted molar refractivity (Wildman–Crippen MR) is 71.9 cm³/mol. The number of benzene rings is 1. The molecule has 0 saturated heterocycles. The molecule has 0 radical (unpaired) electrons. The van der Waals surface area contributed by atoms with Gasteiger partial charge in [-0.2, -0.15) is 5.10 Å². The van der Waals surface area contributed by atoms with Gasteiger partial charge >= 0.3 is 0 Å². The van der Waals surface area contributed by atoms with Crippen molar-refractivity contribution in [3.05, 3.63) is 45.0 Å². The predicted octanol–water partition coefficient (Wildman–Crippen LogP) is 4.03. The molecule has 90 valence electrons. The minimum absolute atomic E-state index is 0.104. The first-order valence-corrected chi connectivity index (χ1v) is 6.07. The highest BCUT2D eigenvalue weighted by Crippen LogP contribution is 2.31. The first kappa shape index (κ1) is 12.6. The molecule has 0 spiro atoms. The molecule has 0 aliphatic heterocycles. The van der Waals surface area contributed by atoms with Crippen LogP contribution in [0.3, 0.4) is 0 Å². The number of halogens is 3. The molecular formula is C11H10Cl3N3. The summed E-state index contributed by atoms with van der Waals surface area (Å²) in [6.45, 7) is 1.94. The second kappa shape index (κ2) is 4.77. The van der Waals surface area contributed by atoms with Crippen LogP contribution in [0.4, 0.5) is 5.82 Å². The number of hydrogen-bond donors (Lipinski definition) is 1. The second-order valence-electron chi connectivity index (χ2n) is 3.66. The molecule has 0 aliphatic rings. The van der Waals surface area contributed by atoms with Gasteiger partial charge in [-0.05, 0) is 24.6 Å². The molecule has 0 fully saturated rings. The van der Waals surface area contributed by atoms with Crippen molar-refractivity contribution < 1.29 is 0 Å². The van der Waals surface area contributed by atoms with Gasteiger partial charge in [-0.15, -0.1) is 0 Å². The van der Waals surface area contributed by atoms with Crippen molar-refractivity contribution in [2.24, 2.45) is 0 Å². The number of hydrogen-bond acceptors (Lipinski definition) is 2. The molecule has 1 aromatic carbocycles. The number of aromatic nitrogens is 2. The van der Waals surface area contributed by atoms with E-state index < -0.39 is 0 Å². The highest BCUT2D eigenvalue weighted by atomic mass is 35.5. The Morgan fingerprint density at radius 3 is 2.47 bits per heavy atom. The van der Waals surface area contributed by atoms with Crippen LogP contribution in [0, 0.1) is 0 Å². The lowest BCUT2D eigenvalue weighted by molar-refractivity contribution is 0.573. The Hall–Kier alpha value is -0.900. The summed E-state index contributed by atoms with van der Waals surface area (Å²) >= 11 is 17.8. The Bertz CT molecular complexity index is 551. The van der Waals surface area contributed by atoms with Crippen molar-refractivity contribution in [1.29, 1.82) is 0 Å². The Morgan fingerprint density at radius 1 is 1.24 bits per heavy atom. The van der Waals surface area contributed by atoms with Crippen LogP contribution < -0.4 is 5.73 Å². The molecule has 1 unspecified atom stereocenters. The summed E-state index contributed by atoms with van der Waals surface area (Å²) < 4.78 is 1.62. The lowest BCUT2D eigenvalue weighted by atomic mass is 10.1. The van der Waals surface area contributed by atoms with Gasteiger partial charge in [0.05, 0.1) is 12.2 Å². The van der Waals surface area contributed by atoms with E-state index in [9.17, 15) is 0 Å². The van der Waals surface area contributed by atoms with Crippen LogP contribution in [-0.2, 0) is 0 Å². The first-order chi connectivity index (χ1) is 8.00. The standard InChI is InChI=1S/C11H10Cl3N3/c1-6(17-11(15)10(14)5-16-17)8-3-2-7(12)4-9(8)13/h2-6H,15H2,1H3. The molecule has 0 amide bonds. The minimum atomic E-state index is -0.104. The van der Waals surface area contributed by atoms with E-state index in [0.29, 0.717) is 20.9 Å². The Labute approximate surface area is 114 Å². The van der Waals surface area contributed by atoms with E-state index in [1.165, 1.54) is 6.20 Å². The lowest BCUT2D eigenvalue weighted by Gasteiger charge is -2.16. The summed E-state index contributed by atoms with van der Waals surface area (Å²) in [6, 6.07) is 5.22. The molecule has 3 nitrogen and oxygen atoms in total. The van der Waals surface area contributed by atoms with Gasteiger partial charge in [-0.1, -0.05) is 40.9 Å². The van der Waals surface area contributed by atoms with Crippen LogP contribution in [0.5, 0.6) is 0 Å². The molecule has 2 aromatic rings. The van der Waals surface area contributed by atoms with E-state index >= 15 is 0 Å².